The number of aryl methyl sites for hydroxylation is 1. The summed E-state index contributed by atoms with van der Waals surface area (Å²) in [6.07, 6.45) is 0.775. The largest absolute Gasteiger partial charge is 0.454 e. The third-order valence-corrected chi connectivity index (χ3v) is 5.67. The lowest BCUT2D eigenvalue weighted by Crippen LogP contribution is -2.28. The number of amides is 1. The van der Waals surface area contributed by atoms with Gasteiger partial charge in [-0.3, -0.25) is 4.79 Å². The molecule has 2 aromatic carbocycles. The second-order valence-corrected chi connectivity index (χ2v) is 7.93. The number of imidazole rings is 1. The molecule has 2 N–H and O–H groups in total. The van der Waals surface area contributed by atoms with E-state index in [1.807, 2.05) is 50.2 Å². The van der Waals surface area contributed by atoms with E-state index in [0.717, 1.165) is 40.0 Å². The van der Waals surface area contributed by atoms with Crippen LogP contribution < -0.4 is 14.8 Å². The van der Waals surface area contributed by atoms with Crippen molar-refractivity contribution in [1.82, 2.24) is 15.3 Å². The zero-order valence-corrected chi connectivity index (χ0v) is 17.2. The first-order chi connectivity index (χ1) is 14.1. The van der Waals surface area contributed by atoms with Gasteiger partial charge in [0.15, 0.2) is 16.7 Å². The summed E-state index contributed by atoms with van der Waals surface area (Å²) in [5.74, 6) is 1.71. The summed E-state index contributed by atoms with van der Waals surface area (Å²) in [5, 5.41) is 3.78. The van der Waals surface area contributed by atoms with E-state index in [4.69, 9.17) is 9.47 Å². The first-order valence-corrected chi connectivity index (χ1v) is 10.5. The highest BCUT2D eigenvalue weighted by Crippen LogP contribution is 2.34. The normalized spacial score (nSPS) is 13.3. The molecule has 29 heavy (non-hydrogen) atoms. The van der Waals surface area contributed by atoms with Crippen molar-refractivity contribution < 1.29 is 14.3 Å². The minimum atomic E-state index is -0.121. The van der Waals surface area contributed by atoms with Gasteiger partial charge in [0.25, 0.3) is 0 Å². The lowest BCUT2D eigenvalue weighted by molar-refractivity contribution is -0.119. The maximum Gasteiger partial charge on any atom is 0.231 e. The molecule has 0 saturated carbocycles. The number of nitrogens with zero attached hydrogens (tertiary/aromatic N) is 1. The van der Waals surface area contributed by atoms with Gasteiger partial charge >= 0.3 is 0 Å². The summed E-state index contributed by atoms with van der Waals surface area (Å²) < 4.78 is 10.7. The van der Waals surface area contributed by atoms with Gasteiger partial charge in [-0.15, -0.1) is 0 Å². The second kappa shape index (κ2) is 8.61. The van der Waals surface area contributed by atoms with E-state index in [0.29, 0.717) is 5.75 Å². The molecule has 1 atom stereocenters. The van der Waals surface area contributed by atoms with Crippen molar-refractivity contribution in [3.8, 4) is 11.5 Å². The lowest BCUT2D eigenvalue weighted by Gasteiger charge is -2.14. The van der Waals surface area contributed by atoms with E-state index in [2.05, 4.69) is 27.4 Å². The number of carbonyl (C=O) groups is 1. The second-order valence-electron chi connectivity index (χ2n) is 6.97. The summed E-state index contributed by atoms with van der Waals surface area (Å²) in [7, 11) is 0. The van der Waals surface area contributed by atoms with Crippen LogP contribution in [0.5, 0.6) is 11.5 Å². The molecule has 2 heterocycles. The summed E-state index contributed by atoms with van der Waals surface area (Å²) in [5.41, 5.74) is 4.24. The van der Waals surface area contributed by atoms with E-state index in [-0.39, 0.29) is 18.7 Å². The molecule has 0 radical (unpaired) electrons. The Kier molecular flexibility index (Phi) is 5.76. The zero-order valence-electron chi connectivity index (χ0n) is 16.4. The van der Waals surface area contributed by atoms with Crippen molar-refractivity contribution in [3.05, 3.63) is 71.0 Å². The van der Waals surface area contributed by atoms with Crippen molar-refractivity contribution in [3.63, 3.8) is 0 Å². The minimum Gasteiger partial charge on any atom is -0.454 e. The smallest absolute Gasteiger partial charge is 0.231 e. The first-order valence-electron chi connectivity index (χ1n) is 9.49. The Bertz CT molecular complexity index is 1000. The van der Waals surface area contributed by atoms with E-state index < -0.39 is 0 Å². The predicted octanol–water partition coefficient (Wildman–Crippen LogP) is 4.01. The number of carbonyl (C=O) groups excluding carboxylic acids is 1. The molecule has 3 aromatic rings. The van der Waals surface area contributed by atoms with Gasteiger partial charge in [0, 0.05) is 12.1 Å². The van der Waals surface area contributed by atoms with Gasteiger partial charge in [-0.1, -0.05) is 48.2 Å². The Labute approximate surface area is 174 Å². The quantitative estimate of drug-likeness (QED) is 0.577. The Morgan fingerprint density at radius 3 is 2.83 bits per heavy atom. The van der Waals surface area contributed by atoms with Gasteiger partial charge < -0.3 is 19.8 Å². The van der Waals surface area contributed by atoms with E-state index in [9.17, 15) is 4.79 Å². The molecule has 1 aliphatic rings. The number of nitrogens with one attached hydrogen (secondary N) is 2. The summed E-state index contributed by atoms with van der Waals surface area (Å²) in [6, 6.07) is 15.8. The van der Waals surface area contributed by atoms with Crippen LogP contribution in [0.3, 0.4) is 0 Å². The number of ether oxygens (including phenoxy) is 2. The molecule has 4 rings (SSSR count). The molecule has 0 fully saturated rings. The number of thioether (sulfide) groups is 1. The number of aromatic nitrogens is 2. The number of rotatable bonds is 7. The average Bonchev–Trinajstić information content (AvgIpc) is 3.33. The molecule has 0 unspecified atom stereocenters. The van der Waals surface area contributed by atoms with Crippen LogP contribution in [-0.4, -0.2) is 28.4 Å². The van der Waals surface area contributed by atoms with Crippen molar-refractivity contribution in [2.24, 2.45) is 0 Å². The summed E-state index contributed by atoms with van der Waals surface area (Å²) in [4.78, 5) is 20.3. The van der Waals surface area contributed by atoms with Gasteiger partial charge in [-0.05, 0) is 37.1 Å². The molecule has 7 heteroatoms. The molecular formula is C22H23N3O3S. The maximum atomic E-state index is 12.4. The SMILES string of the molecule is Cc1[nH]c(SCC(=O)N[C@H](C)c2ccc3c(c2)OCO3)nc1Cc1ccccc1. The average molecular weight is 410 g/mol. The van der Waals surface area contributed by atoms with Gasteiger partial charge in [-0.25, -0.2) is 4.98 Å². The zero-order chi connectivity index (χ0) is 20.2. The molecule has 150 valence electrons. The van der Waals surface area contributed by atoms with Gasteiger partial charge in [0.05, 0.1) is 17.5 Å². The maximum absolute atomic E-state index is 12.4. The lowest BCUT2D eigenvalue weighted by atomic mass is 10.1. The number of benzene rings is 2. The van der Waals surface area contributed by atoms with Crippen LogP contribution in [0.15, 0.2) is 53.7 Å². The third kappa shape index (κ3) is 4.74. The number of hydrogen-bond acceptors (Lipinski definition) is 5. The molecular weight excluding hydrogens is 386 g/mol. The monoisotopic (exact) mass is 409 g/mol. The summed E-state index contributed by atoms with van der Waals surface area (Å²) >= 11 is 1.41. The fourth-order valence-electron chi connectivity index (χ4n) is 3.18. The van der Waals surface area contributed by atoms with Crippen molar-refractivity contribution >= 4 is 17.7 Å². The Balaban J connectivity index is 1.31. The number of H-pyrrole nitrogens is 1. The number of hydrogen-bond donors (Lipinski definition) is 2. The molecule has 0 saturated heterocycles. The fraction of sp³-hybridized carbons (Fsp3) is 0.273. The Morgan fingerprint density at radius 2 is 2.00 bits per heavy atom. The van der Waals surface area contributed by atoms with Crippen LogP contribution in [0.4, 0.5) is 0 Å². The van der Waals surface area contributed by atoms with Crippen LogP contribution >= 0.6 is 11.8 Å². The number of aromatic amines is 1. The van der Waals surface area contributed by atoms with Gasteiger partial charge in [0.2, 0.25) is 12.7 Å². The van der Waals surface area contributed by atoms with Gasteiger partial charge in [0.1, 0.15) is 0 Å². The van der Waals surface area contributed by atoms with Crippen molar-refractivity contribution in [2.75, 3.05) is 12.5 Å². The van der Waals surface area contributed by atoms with E-state index >= 15 is 0 Å². The van der Waals surface area contributed by atoms with Crippen LogP contribution in [0.1, 0.15) is 35.5 Å². The Morgan fingerprint density at radius 1 is 1.21 bits per heavy atom. The standard InChI is InChI=1S/C22H23N3O3S/c1-14(17-8-9-19-20(11-17)28-13-27-19)23-21(26)12-29-22-24-15(2)18(25-22)10-16-6-4-3-5-7-16/h3-9,11,14H,10,12-13H2,1-2H3,(H,23,26)(H,24,25)/t14-/m1/s1. The fourth-order valence-corrected chi connectivity index (χ4v) is 3.93. The third-order valence-electron chi connectivity index (χ3n) is 4.79. The molecule has 1 aromatic heterocycles. The molecule has 1 aliphatic heterocycles. The highest BCUT2D eigenvalue weighted by molar-refractivity contribution is 7.99. The van der Waals surface area contributed by atoms with Crippen LogP contribution in [0.25, 0.3) is 0 Å². The molecule has 0 bridgehead atoms. The summed E-state index contributed by atoms with van der Waals surface area (Å²) in [6.45, 7) is 4.21. The van der Waals surface area contributed by atoms with Crippen LogP contribution in [0, 0.1) is 6.92 Å². The Hall–Kier alpha value is -2.93. The van der Waals surface area contributed by atoms with Gasteiger partial charge in [-0.2, -0.15) is 0 Å². The highest BCUT2D eigenvalue weighted by Gasteiger charge is 2.17. The van der Waals surface area contributed by atoms with E-state index in [1.54, 1.807) is 0 Å². The molecule has 0 spiro atoms. The number of fused-ring (bicyclic) bond motifs is 1. The molecule has 0 aliphatic carbocycles. The van der Waals surface area contributed by atoms with Crippen LogP contribution in [-0.2, 0) is 11.2 Å². The highest BCUT2D eigenvalue weighted by atomic mass is 32.2. The topological polar surface area (TPSA) is 76.2 Å². The minimum absolute atomic E-state index is 0.0428. The first kappa shape index (κ1) is 19.4. The van der Waals surface area contributed by atoms with Crippen molar-refractivity contribution in [1.29, 1.82) is 0 Å². The molecule has 6 nitrogen and oxygen atoms in total. The molecule has 1 amide bonds. The van der Waals surface area contributed by atoms with Crippen LogP contribution in [0.2, 0.25) is 0 Å². The van der Waals surface area contributed by atoms with E-state index in [1.165, 1.54) is 17.3 Å². The van der Waals surface area contributed by atoms with Crippen molar-refractivity contribution in [2.45, 2.75) is 31.5 Å². The predicted molar refractivity (Wildman–Crippen MR) is 112 cm³/mol.